The van der Waals surface area contributed by atoms with E-state index in [1.165, 1.54) is 9.13 Å². The summed E-state index contributed by atoms with van der Waals surface area (Å²) in [5, 5.41) is 0. The van der Waals surface area contributed by atoms with Gasteiger partial charge in [0, 0.05) is 6.42 Å². The van der Waals surface area contributed by atoms with Crippen LogP contribution in [0.15, 0.2) is 18.2 Å². The quantitative estimate of drug-likeness (QED) is 0.327. The van der Waals surface area contributed by atoms with Crippen LogP contribution in [-0.2, 0) is 6.42 Å². The molecule has 0 bridgehead atoms. The van der Waals surface area contributed by atoms with Crippen LogP contribution in [0, 0.1) is 15.0 Å². The third kappa shape index (κ3) is 5.45. The summed E-state index contributed by atoms with van der Waals surface area (Å²) in [6.45, 7) is 6.85. The van der Waals surface area contributed by atoms with Crippen molar-refractivity contribution in [2.75, 3.05) is 7.11 Å². The highest BCUT2D eigenvalue weighted by Crippen LogP contribution is 2.25. The molecule has 0 radical (unpaired) electrons. The van der Waals surface area contributed by atoms with Crippen molar-refractivity contribution in [1.29, 1.82) is 0 Å². The van der Waals surface area contributed by atoms with Crippen LogP contribution in [-0.4, -0.2) is 15.2 Å². The number of hydrogen-bond acceptors (Lipinski definition) is 1. The zero-order valence-electron chi connectivity index (χ0n) is 11.6. The number of aryl methyl sites for hydroxylation is 1. The van der Waals surface area contributed by atoms with Crippen molar-refractivity contribution in [3.8, 4) is 17.2 Å². The van der Waals surface area contributed by atoms with Crippen LogP contribution in [0.3, 0.4) is 0 Å². The Morgan fingerprint density at radius 2 is 2.00 bits per heavy atom. The molecule has 0 aromatic heterocycles. The molecular weight excluding hydrogens is 351 g/mol. The number of hydrogen-bond donors (Lipinski definition) is 0. The van der Waals surface area contributed by atoms with Gasteiger partial charge in [0.25, 0.3) is 0 Å². The van der Waals surface area contributed by atoms with Crippen LogP contribution in [0.25, 0.3) is 0 Å². The fourth-order valence-corrected chi connectivity index (χ4v) is 3.11. The van der Waals surface area contributed by atoms with Crippen molar-refractivity contribution in [3.63, 3.8) is 0 Å². The molecule has 0 N–H and O–H groups in total. The molecule has 0 atom stereocenters. The molecular formula is C15H21IOSi. The van der Waals surface area contributed by atoms with Crippen molar-refractivity contribution >= 4 is 30.7 Å². The molecule has 0 saturated carbocycles. The van der Waals surface area contributed by atoms with Gasteiger partial charge in [-0.25, -0.2) is 0 Å². The lowest BCUT2D eigenvalue weighted by Crippen LogP contribution is -2.16. The molecule has 1 aromatic rings. The molecule has 98 valence electrons. The van der Waals surface area contributed by atoms with Crippen LogP contribution in [0.1, 0.15) is 18.4 Å². The van der Waals surface area contributed by atoms with E-state index in [0.717, 1.165) is 25.0 Å². The Labute approximate surface area is 125 Å². The average molecular weight is 372 g/mol. The maximum atomic E-state index is 5.33. The van der Waals surface area contributed by atoms with Crippen molar-refractivity contribution in [3.05, 3.63) is 27.3 Å². The smallest absolute Gasteiger partial charge is 0.132 e. The molecule has 1 rings (SSSR count). The van der Waals surface area contributed by atoms with E-state index in [9.17, 15) is 0 Å². The Morgan fingerprint density at radius 1 is 1.28 bits per heavy atom. The van der Waals surface area contributed by atoms with Gasteiger partial charge < -0.3 is 4.74 Å². The summed E-state index contributed by atoms with van der Waals surface area (Å²) in [6, 6.07) is 6.25. The van der Waals surface area contributed by atoms with E-state index < -0.39 is 8.07 Å². The standard InChI is InChI=1S/C15H21IOSi/c1-17-14-11-8-10-13(15(14)16)9-6-5-7-12-18(2,3)4/h8,10-11H,5-6,9H2,1-4H3. The number of rotatable bonds is 4. The van der Waals surface area contributed by atoms with E-state index in [1.54, 1.807) is 7.11 Å². The van der Waals surface area contributed by atoms with Crippen LogP contribution in [0.5, 0.6) is 5.75 Å². The molecule has 0 aliphatic heterocycles. The SMILES string of the molecule is COc1cccc(CCCC#C[Si](C)(C)C)c1I. The third-order valence-corrected chi connectivity index (χ3v) is 4.63. The third-order valence-electron chi connectivity index (χ3n) is 2.47. The number of unbranched alkanes of at least 4 members (excludes halogenated alkanes) is 1. The Kier molecular flexibility index (Phi) is 6.23. The van der Waals surface area contributed by atoms with Crippen molar-refractivity contribution in [2.45, 2.75) is 38.9 Å². The first-order valence-corrected chi connectivity index (χ1v) is 10.8. The summed E-state index contributed by atoms with van der Waals surface area (Å²) in [6.07, 6.45) is 3.20. The van der Waals surface area contributed by atoms with Crippen LogP contribution in [0.2, 0.25) is 19.6 Å². The van der Waals surface area contributed by atoms with Gasteiger partial charge >= 0.3 is 0 Å². The van der Waals surface area contributed by atoms with Crippen LogP contribution >= 0.6 is 22.6 Å². The Balaban J connectivity index is 2.52. The second kappa shape index (κ2) is 7.20. The number of benzene rings is 1. The molecule has 0 heterocycles. The van der Waals surface area contributed by atoms with E-state index in [2.05, 4.69) is 65.8 Å². The lowest BCUT2D eigenvalue weighted by atomic mass is 10.1. The summed E-state index contributed by atoms with van der Waals surface area (Å²) in [5.74, 6) is 4.30. The fourth-order valence-electron chi connectivity index (χ4n) is 1.60. The highest BCUT2D eigenvalue weighted by molar-refractivity contribution is 14.1. The molecule has 0 amide bonds. The molecule has 0 fully saturated rings. The second-order valence-corrected chi connectivity index (χ2v) is 11.2. The Morgan fingerprint density at radius 3 is 2.61 bits per heavy atom. The minimum atomic E-state index is -1.19. The van der Waals surface area contributed by atoms with Crippen LogP contribution in [0.4, 0.5) is 0 Å². The lowest BCUT2D eigenvalue weighted by molar-refractivity contribution is 0.411. The van der Waals surface area contributed by atoms with Gasteiger partial charge in [0.15, 0.2) is 0 Å². The summed E-state index contributed by atoms with van der Waals surface area (Å²) in [7, 11) is 0.528. The van der Waals surface area contributed by atoms with E-state index in [-0.39, 0.29) is 0 Å². The normalized spacial score (nSPS) is 10.7. The molecule has 3 heteroatoms. The van der Waals surface area contributed by atoms with Gasteiger partial charge in [-0.3, -0.25) is 0 Å². The molecule has 0 unspecified atom stereocenters. The highest BCUT2D eigenvalue weighted by Gasteiger charge is 2.07. The molecule has 0 aliphatic rings. The summed E-state index contributed by atoms with van der Waals surface area (Å²) < 4.78 is 6.56. The maximum absolute atomic E-state index is 5.33. The van der Waals surface area contributed by atoms with E-state index in [1.807, 2.05) is 6.07 Å². The molecule has 0 aliphatic carbocycles. The van der Waals surface area contributed by atoms with Crippen molar-refractivity contribution < 1.29 is 4.74 Å². The molecule has 0 saturated heterocycles. The van der Waals surface area contributed by atoms with Gasteiger partial charge in [-0.15, -0.1) is 11.5 Å². The first-order valence-electron chi connectivity index (χ1n) is 6.25. The molecule has 18 heavy (non-hydrogen) atoms. The summed E-state index contributed by atoms with van der Waals surface area (Å²) in [4.78, 5) is 0. The van der Waals surface area contributed by atoms with E-state index >= 15 is 0 Å². The monoisotopic (exact) mass is 372 g/mol. The zero-order valence-corrected chi connectivity index (χ0v) is 14.8. The molecule has 1 nitrogen and oxygen atoms in total. The van der Waals surface area contributed by atoms with Gasteiger partial charge in [0.1, 0.15) is 13.8 Å². The first kappa shape index (κ1) is 15.6. The van der Waals surface area contributed by atoms with E-state index in [4.69, 9.17) is 4.74 Å². The minimum absolute atomic E-state index is 0.973. The average Bonchev–Trinajstić information content (AvgIpc) is 2.29. The lowest BCUT2D eigenvalue weighted by Gasteiger charge is -2.08. The minimum Gasteiger partial charge on any atom is -0.496 e. The molecule has 0 spiro atoms. The number of ether oxygens (including phenoxy) is 1. The van der Waals surface area contributed by atoms with Crippen molar-refractivity contribution in [2.24, 2.45) is 0 Å². The number of methoxy groups -OCH3 is 1. The summed E-state index contributed by atoms with van der Waals surface area (Å²) in [5.41, 5.74) is 4.77. The van der Waals surface area contributed by atoms with Gasteiger partial charge in [0.2, 0.25) is 0 Å². The highest BCUT2D eigenvalue weighted by atomic mass is 127. The molecule has 1 aromatic carbocycles. The maximum Gasteiger partial charge on any atom is 0.132 e. The predicted octanol–water partition coefficient (Wildman–Crippen LogP) is 4.50. The van der Waals surface area contributed by atoms with Gasteiger partial charge in [-0.2, -0.15) is 0 Å². The Hall–Kier alpha value is -0.473. The van der Waals surface area contributed by atoms with Gasteiger partial charge in [-0.1, -0.05) is 31.8 Å². The second-order valence-electron chi connectivity index (χ2n) is 5.34. The topological polar surface area (TPSA) is 9.23 Å². The predicted molar refractivity (Wildman–Crippen MR) is 89.8 cm³/mol. The van der Waals surface area contributed by atoms with Crippen molar-refractivity contribution in [1.82, 2.24) is 0 Å². The number of halogens is 1. The Bertz CT molecular complexity index is 452. The van der Waals surface area contributed by atoms with E-state index in [0.29, 0.717) is 0 Å². The van der Waals surface area contributed by atoms with Crippen LogP contribution < -0.4 is 4.74 Å². The zero-order chi connectivity index (χ0) is 13.6. The fraction of sp³-hybridized carbons (Fsp3) is 0.467. The largest absolute Gasteiger partial charge is 0.496 e. The van der Waals surface area contributed by atoms with Gasteiger partial charge in [-0.05, 0) is 47.1 Å². The summed E-state index contributed by atoms with van der Waals surface area (Å²) >= 11 is 2.36. The first-order chi connectivity index (χ1) is 8.44. The van der Waals surface area contributed by atoms with Gasteiger partial charge in [0.05, 0.1) is 10.7 Å².